The minimum atomic E-state index is -5.17. The van der Waals surface area contributed by atoms with E-state index in [1.807, 2.05) is 0 Å². The summed E-state index contributed by atoms with van der Waals surface area (Å²) < 4.78 is 102. The van der Waals surface area contributed by atoms with Crippen molar-refractivity contribution in [1.82, 2.24) is 0 Å². The molecule has 0 aliphatic rings. The second-order valence-corrected chi connectivity index (χ2v) is 3.67. The quantitative estimate of drug-likeness (QED) is 0.165. The SMILES string of the molecule is O.O=S(=O)([O-])[O-].O=S(=O)([O-])[O-].O=S(=O)([O-])[O-].[Ag+3].[Ag+3]. The third-order valence-corrected chi connectivity index (χ3v) is 0. The first-order valence-corrected chi connectivity index (χ1v) is 6.00. The summed E-state index contributed by atoms with van der Waals surface area (Å²) in [4.78, 5) is 0. The van der Waals surface area contributed by atoms with Crippen LogP contribution in [0.15, 0.2) is 0 Å². The molecule has 120 valence electrons. The monoisotopic (exact) mass is 520 g/mol. The second kappa shape index (κ2) is 14.5. The molecule has 18 heteroatoms. The predicted molar refractivity (Wildman–Crippen MR) is 35.0 cm³/mol. The van der Waals surface area contributed by atoms with Crippen LogP contribution in [0.4, 0.5) is 0 Å². The van der Waals surface area contributed by atoms with Crippen LogP contribution in [0.1, 0.15) is 0 Å². The molecule has 0 heterocycles. The van der Waals surface area contributed by atoms with Crippen LogP contribution in [0.25, 0.3) is 0 Å². The molecule has 0 bridgehead atoms. The van der Waals surface area contributed by atoms with Gasteiger partial charge in [0.2, 0.25) is 0 Å². The maximum Gasteiger partial charge on any atom is 3.00 e. The number of hydrogen-bond donors (Lipinski definition) is 0. The minimum Gasteiger partial charge on any atom is -0.759 e. The van der Waals surface area contributed by atoms with E-state index in [9.17, 15) is 0 Å². The summed E-state index contributed by atoms with van der Waals surface area (Å²) in [6.45, 7) is 0. The van der Waals surface area contributed by atoms with Crippen molar-refractivity contribution in [3.8, 4) is 0 Å². The third kappa shape index (κ3) is 3980. The van der Waals surface area contributed by atoms with Crippen molar-refractivity contribution in [2.45, 2.75) is 0 Å². The number of hydrogen-bond acceptors (Lipinski definition) is 12. The molecule has 0 spiro atoms. The molecule has 0 fully saturated rings. The molecule has 0 atom stereocenters. The van der Waals surface area contributed by atoms with Crippen molar-refractivity contribution in [2.75, 3.05) is 0 Å². The van der Waals surface area contributed by atoms with Gasteiger partial charge in [-0.25, -0.2) is 0 Å². The largest absolute Gasteiger partial charge is 3.00 e. The fourth-order valence-corrected chi connectivity index (χ4v) is 0. The Hall–Kier alpha value is 1.05. The Morgan fingerprint density at radius 1 is 0.444 bits per heavy atom. The van der Waals surface area contributed by atoms with Crippen molar-refractivity contribution in [2.24, 2.45) is 0 Å². The van der Waals surface area contributed by atoms with Gasteiger partial charge in [0.25, 0.3) is 0 Å². The molecular weight excluding hydrogens is 520 g/mol. The maximum atomic E-state index is 8.52. The van der Waals surface area contributed by atoms with Crippen LogP contribution in [0, 0.1) is 0 Å². The molecule has 18 heavy (non-hydrogen) atoms. The summed E-state index contributed by atoms with van der Waals surface area (Å²) in [6.07, 6.45) is 0. The summed E-state index contributed by atoms with van der Waals surface area (Å²) in [7, 11) is -15.5. The molecule has 2 N–H and O–H groups in total. The van der Waals surface area contributed by atoms with E-state index in [0.29, 0.717) is 0 Å². The van der Waals surface area contributed by atoms with Crippen molar-refractivity contribution >= 4 is 31.2 Å². The van der Waals surface area contributed by atoms with Crippen LogP contribution < -0.4 is 0 Å². The van der Waals surface area contributed by atoms with E-state index in [2.05, 4.69) is 0 Å². The number of rotatable bonds is 0. The van der Waals surface area contributed by atoms with Gasteiger partial charge < -0.3 is 32.8 Å². The minimum absolute atomic E-state index is 0. The molecular formula is H2Ag2O13S3. The summed E-state index contributed by atoms with van der Waals surface area (Å²) >= 11 is 0. The first kappa shape index (κ1) is 36.4. The van der Waals surface area contributed by atoms with E-state index < -0.39 is 31.2 Å². The molecule has 0 aromatic rings. The van der Waals surface area contributed by atoms with Crippen LogP contribution in [0.3, 0.4) is 0 Å². The first-order chi connectivity index (χ1) is 6.00. The molecule has 0 aliphatic heterocycles. The van der Waals surface area contributed by atoms with Crippen LogP contribution in [-0.4, -0.2) is 58.0 Å². The van der Waals surface area contributed by atoms with Crippen LogP contribution in [0.5, 0.6) is 0 Å². The van der Waals surface area contributed by atoms with E-state index in [1.54, 1.807) is 0 Å². The van der Waals surface area contributed by atoms with Gasteiger partial charge >= 0.3 is 44.8 Å². The zero-order valence-corrected chi connectivity index (χ0v) is 12.6. The average molecular weight is 522 g/mol. The summed E-state index contributed by atoms with van der Waals surface area (Å²) in [6, 6.07) is 0. The molecule has 13 nitrogen and oxygen atoms in total. The maximum absolute atomic E-state index is 8.52. The van der Waals surface area contributed by atoms with E-state index in [-0.39, 0.29) is 50.2 Å². The van der Waals surface area contributed by atoms with E-state index in [4.69, 9.17) is 52.6 Å². The fraction of sp³-hybridized carbons (Fsp3) is 0. The molecule has 0 radical (unpaired) electrons. The van der Waals surface area contributed by atoms with Crippen molar-refractivity contribution in [1.29, 1.82) is 0 Å². The zero-order valence-electron chi connectivity index (χ0n) is 7.23. The zero-order chi connectivity index (χ0) is 13.5. The van der Waals surface area contributed by atoms with Crippen molar-refractivity contribution in [3.63, 3.8) is 0 Å². The van der Waals surface area contributed by atoms with E-state index in [1.165, 1.54) is 0 Å². The standard InChI is InChI=1S/2Ag.3H2O4S.H2O/c;;3*1-5(2,3)4;/h;;3*(H2,1,2,3,4);1H2/q2*+3;;;;/p-6. The predicted octanol–water partition coefficient (Wildman–Crippen LogP) is -4.84. The van der Waals surface area contributed by atoms with Gasteiger partial charge in [-0.15, -0.1) is 0 Å². The fourth-order valence-electron chi connectivity index (χ4n) is 0. The van der Waals surface area contributed by atoms with Gasteiger partial charge in [0.05, 0.1) is 0 Å². The van der Waals surface area contributed by atoms with Gasteiger partial charge in [-0.05, 0) is 0 Å². The average Bonchev–Trinajstić information content (AvgIpc) is 1.41. The van der Waals surface area contributed by atoms with Gasteiger partial charge in [-0.3, -0.25) is 25.3 Å². The van der Waals surface area contributed by atoms with Crippen LogP contribution in [-0.2, 0) is 76.0 Å². The van der Waals surface area contributed by atoms with Gasteiger partial charge in [-0.2, -0.15) is 0 Å². The Balaban J connectivity index is -0.0000000277. The molecule has 0 saturated carbocycles. The molecule has 0 amide bonds. The van der Waals surface area contributed by atoms with Gasteiger partial charge in [-0.1, -0.05) is 0 Å². The molecule has 0 saturated heterocycles. The van der Waals surface area contributed by atoms with Gasteiger partial charge in [0.15, 0.2) is 0 Å². The summed E-state index contributed by atoms with van der Waals surface area (Å²) in [5.41, 5.74) is 0. The summed E-state index contributed by atoms with van der Waals surface area (Å²) in [5.74, 6) is 0. The smallest absolute Gasteiger partial charge is 0.759 e. The van der Waals surface area contributed by atoms with Crippen molar-refractivity contribution < 1.29 is 103 Å². The Bertz CT molecular complexity index is 341. The molecule has 0 aromatic carbocycles. The van der Waals surface area contributed by atoms with Gasteiger partial charge in [0, 0.05) is 31.2 Å². The second-order valence-electron chi connectivity index (χ2n) is 1.22. The normalized spacial score (nSPS) is 9.67. The first-order valence-electron chi connectivity index (χ1n) is 2.00. The molecule has 0 unspecified atom stereocenters. The Labute approximate surface area is 133 Å². The summed E-state index contributed by atoms with van der Waals surface area (Å²) in [5, 5.41) is 0. The Morgan fingerprint density at radius 3 is 0.444 bits per heavy atom. The molecule has 0 aliphatic carbocycles. The van der Waals surface area contributed by atoms with Crippen LogP contribution in [0.2, 0.25) is 0 Å². The van der Waals surface area contributed by atoms with Crippen LogP contribution >= 0.6 is 0 Å². The Kier molecular flexibility index (Phi) is 29.3. The van der Waals surface area contributed by atoms with E-state index in [0.717, 1.165) is 0 Å². The molecule has 0 aromatic heterocycles. The van der Waals surface area contributed by atoms with Gasteiger partial charge in [0.1, 0.15) is 0 Å². The van der Waals surface area contributed by atoms with Crippen molar-refractivity contribution in [3.05, 3.63) is 0 Å². The topological polar surface area (TPSA) is 272 Å². The molecule has 0 rings (SSSR count). The van der Waals surface area contributed by atoms with E-state index >= 15 is 0 Å². The third-order valence-electron chi connectivity index (χ3n) is 0. The Morgan fingerprint density at radius 2 is 0.444 bits per heavy atom.